The summed E-state index contributed by atoms with van der Waals surface area (Å²) in [5.74, 6) is 0. The van der Waals surface area contributed by atoms with Crippen LogP contribution in [0.3, 0.4) is 0 Å². The molecule has 3 unspecified atom stereocenters. The largest absolute Gasteiger partial charge is 0.406 e. The van der Waals surface area contributed by atoms with Crippen LogP contribution in [0.15, 0.2) is 0 Å². The minimum absolute atomic E-state index is 0.255. The molecule has 0 aromatic heterocycles. The Labute approximate surface area is 242 Å². The summed E-state index contributed by atoms with van der Waals surface area (Å²) in [5, 5.41) is 0. The zero-order valence-corrected chi connectivity index (χ0v) is 28.6. The van der Waals surface area contributed by atoms with Crippen LogP contribution < -0.4 is 0 Å². The Morgan fingerprint density at radius 1 is 0.615 bits per heavy atom. The van der Waals surface area contributed by atoms with Crippen LogP contribution in [-0.4, -0.2) is 72.6 Å². The molecule has 0 saturated heterocycles. The molecule has 0 aromatic rings. The first-order valence-corrected chi connectivity index (χ1v) is 19.6. The standard InChI is InChI=1S/C29H63O8PSi/c1-9-16-20-31-24-25-34-29(36-38(30)35-23-19-12-4)28(37-39(13-5,14-6)15-7)27(33-22-18-11-3)26(8)32-21-17-10-2/h26-29,38H,9-25H2,1-8H3/t26-,27?,28?,29+/m1/s1. The van der Waals surface area contributed by atoms with Crippen LogP contribution in [0.5, 0.6) is 0 Å². The van der Waals surface area contributed by atoms with Crippen LogP contribution in [0, 0.1) is 0 Å². The van der Waals surface area contributed by atoms with Crippen LogP contribution in [0.25, 0.3) is 0 Å². The molecular weight excluding hydrogens is 535 g/mol. The van der Waals surface area contributed by atoms with E-state index in [1.807, 2.05) is 6.92 Å². The van der Waals surface area contributed by atoms with Crippen LogP contribution in [0.2, 0.25) is 18.1 Å². The van der Waals surface area contributed by atoms with E-state index in [1.165, 1.54) is 0 Å². The molecule has 0 aliphatic carbocycles. The molecule has 0 aliphatic rings. The summed E-state index contributed by atoms with van der Waals surface area (Å²) >= 11 is 0. The third-order valence-corrected chi connectivity index (χ3v) is 12.6. The molecule has 0 heterocycles. The predicted octanol–water partition coefficient (Wildman–Crippen LogP) is 8.15. The molecule has 0 bridgehead atoms. The van der Waals surface area contributed by atoms with Gasteiger partial charge in [-0.05, 0) is 50.7 Å². The molecule has 0 aromatic carbocycles. The zero-order valence-electron chi connectivity index (χ0n) is 26.6. The van der Waals surface area contributed by atoms with E-state index in [9.17, 15) is 4.57 Å². The van der Waals surface area contributed by atoms with Crippen molar-refractivity contribution in [1.82, 2.24) is 0 Å². The molecule has 0 fully saturated rings. The number of unbranched alkanes of at least 4 members (excludes halogenated alkanes) is 4. The Morgan fingerprint density at radius 3 is 1.72 bits per heavy atom. The fourth-order valence-corrected chi connectivity index (χ4v) is 7.73. The smallest absolute Gasteiger partial charge is 0.321 e. The van der Waals surface area contributed by atoms with Gasteiger partial charge in [0, 0.05) is 19.8 Å². The van der Waals surface area contributed by atoms with Crippen molar-refractivity contribution >= 4 is 16.6 Å². The quantitative estimate of drug-likeness (QED) is 0.0369. The van der Waals surface area contributed by atoms with Crippen molar-refractivity contribution in [3.63, 3.8) is 0 Å². The van der Waals surface area contributed by atoms with E-state index < -0.39 is 35.1 Å². The maximum absolute atomic E-state index is 13.0. The molecular formula is C29H63O8PSi. The van der Waals surface area contributed by atoms with Crippen LogP contribution in [0.1, 0.15) is 107 Å². The van der Waals surface area contributed by atoms with Crippen LogP contribution in [-0.2, 0) is 37.0 Å². The Bertz CT molecular complexity index is 559. The van der Waals surface area contributed by atoms with Gasteiger partial charge in [-0.15, -0.1) is 0 Å². The van der Waals surface area contributed by atoms with Gasteiger partial charge >= 0.3 is 8.25 Å². The lowest BCUT2D eigenvalue weighted by Gasteiger charge is -2.41. The van der Waals surface area contributed by atoms with E-state index in [0.29, 0.717) is 39.6 Å². The first-order valence-electron chi connectivity index (χ1n) is 15.8. The summed E-state index contributed by atoms with van der Waals surface area (Å²) in [6.07, 6.45) is 5.59. The van der Waals surface area contributed by atoms with Crippen LogP contribution >= 0.6 is 8.25 Å². The molecule has 10 heteroatoms. The number of rotatable bonds is 29. The van der Waals surface area contributed by atoms with Crippen molar-refractivity contribution in [2.45, 2.75) is 149 Å². The molecule has 0 amide bonds. The third kappa shape index (κ3) is 17.7. The topological polar surface area (TPSA) is 81.7 Å². The summed E-state index contributed by atoms with van der Waals surface area (Å²) in [4.78, 5) is 0. The lowest BCUT2D eigenvalue weighted by molar-refractivity contribution is -0.204. The van der Waals surface area contributed by atoms with E-state index in [0.717, 1.165) is 69.5 Å². The average molecular weight is 599 g/mol. The highest BCUT2D eigenvalue weighted by atomic mass is 31.1. The molecule has 0 rings (SSSR count). The number of ether oxygens (including phenoxy) is 4. The van der Waals surface area contributed by atoms with Crippen molar-refractivity contribution in [2.24, 2.45) is 0 Å². The second-order valence-corrected chi connectivity index (χ2v) is 16.0. The van der Waals surface area contributed by atoms with Crippen molar-refractivity contribution in [3.8, 4) is 0 Å². The van der Waals surface area contributed by atoms with Gasteiger partial charge in [-0.1, -0.05) is 74.1 Å². The highest BCUT2D eigenvalue weighted by Gasteiger charge is 2.43. The lowest BCUT2D eigenvalue weighted by Crippen LogP contribution is -2.55. The molecule has 0 N–H and O–H groups in total. The summed E-state index contributed by atoms with van der Waals surface area (Å²) in [6.45, 7) is 20.1. The average Bonchev–Trinajstić information content (AvgIpc) is 2.94. The summed E-state index contributed by atoms with van der Waals surface area (Å²) in [5.41, 5.74) is 0. The van der Waals surface area contributed by atoms with Gasteiger partial charge in [0.05, 0.1) is 25.9 Å². The summed E-state index contributed by atoms with van der Waals surface area (Å²) < 4.78 is 56.3. The fourth-order valence-electron chi connectivity index (χ4n) is 4.13. The SMILES string of the molecule is CCCCOCCO[C@@H](O[PH](=O)OCCCC)C(O[Si](CC)(CC)CC)C(OCCCC)[C@@H](C)OCCCC. The molecule has 0 saturated carbocycles. The van der Waals surface area contributed by atoms with E-state index in [-0.39, 0.29) is 6.10 Å². The Balaban J connectivity index is 6.17. The second-order valence-electron chi connectivity index (χ2n) is 10.2. The maximum atomic E-state index is 13.0. The maximum Gasteiger partial charge on any atom is 0.321 e. The predicted molar refractivity (Wildman–Crippen MR) is 163 cm³/mol. The van der Waals surface area contributed by atoms with Gasteiger partial charge in [0.25, 0.3) is 0 Å². The second kappa shape index (κ2) is 25.8. The first kappa shape index (κ1) is 39.2. The lowest BCUT2D eigenvalue weighted by atomic mass is 10.1. The van der Waals surface area contributed by atoms with Gasteiger partial charge in [0.1, 0.15) is 12.2 Å². The first-order chi connectivity index (χ1) is 18.9. The molecule has 39 heavy (non-hydrogen) atoms. The van der Waals surface area contributed by atoms with E-state index >= 15 is 0 Å². The number of hydrogen-bond donors (Lipinski definition) is 0. The van der Waals surface area contributed by atoms with Crippen molar-refractivity contribution < 1.29 is 37.0 Å². The van der Waals surface area contributed by atoms with Crippen LogP contribution in [0.4, 0.5) is 0 Å². The van der Waals surface area contributed by atoms with Crippen molar-refractivity contribution in [1.29, 1.82) is 0 Å². The molecule has 5 atom stereocenters. The monoisotopic (exact) mass is 598 g/mol. The van der Waals surface area contributed by atoms with Gasteiger partial charge in [-0.25, -0.2) is 0 Å². The van der Waals surface area contributed by atoms with Gasteiger partial charge in [0.15, 0.2) is 14.6 Å². The summed E-state index contributed by atoms with van der Waals surface area (Å²) in [6, 6.07) is 2.87. The number of hydrogen-bond acceptors (Lipinski definition) is 8. The molecule has 236 valence electrons. The molecule has 8 nitrogen and oxygen atoms in total. The highest BCUT2D eigenvalue weighted by Crippen LogP contribution is 2.34. The molecule has 0 radical (unpaired) electrons. The van der Waals surface area contributed by atoms with Gasteiger partial charge in [-0.2, -0.15) is 0 Å². The Morgan fingerprint density at radius 2 is 1.15 bits per heavy atom. The molecule has 0 aliphatic heterocycles. The van der Waals surface area contributed by atoms with Gasteiger partial charge in [-0.3, -0.25) is 9.09 Å². The van der Waals surface area contributed by atoms with E-state index in [1.54, 1.807) is 0 Å². The van der Waals surface area contributed by atoms with Crippen molar-refractivity contribution in [3.05, 3.63) is 0 Å². The highest BCUT2D eigenvalue weighted by molar-refractivity contribution is 7.33. The molecule has 0 spiro atoms. The van der Waals surface area contributed by atoms with Gasteiger partial charge in [0.2, 0.25) is 0 Å². The van der Waals surface area contributed by atoms with Gasteiger partial charge < -0.3 is 27.9 Å². The van der Waals surface area contributed by atoms with E-state index in [2.05, 4.69) is 48.5 Å². The van der Waals surface area contributed by atoms with E-state index in [4.69, 9.17) is 32.4 Å². The minimum atomic E-state index is -2.81. The Hall–Kier alpha value is 0.167. The Kier molecular flexibility index (Phi) is 26.0. The normalized spacial score (nSPS) is 16.2. The third-order valence-electron chi connectivity index (χ3n) is 7.14. The van der Waals surface area contributed by atoms with Crippen molar-refractivity contribution in [2.75, 3.05) is 39.6 Å². The fraction of sp³-hybridized carbons (Fsp3) is 1.00. The minimum Gasteiger partial charge on any atom is -0.406 e. The summed E-state index contributed by atoms with van der Waals surface area (Å²) in [7, 11) is -4.95. The zero-order chi connectivity index (χ0) is 29.4.